The zero-order valence-corrected chi connectivity index (χ0v) is 12.3. The van der Waals surface area contributed by atoms with Crippen LogP contribution in [0.3, 0.4) is 0 Å². The largest absolute Gasteiger partial charge is 0.369 e. The van der Waals surface area contributed by atoms with Crippen molar-refractivity contribution in [3.8, 4) is 0 Å². The summed E-state index contributed by atoms with van der Waals surface area (Å²) in [5.74, 6) is -0.454. The molecule has 5 nitrogen and oxygen atoms in total. The maximum atomic E-state index is 13.2. The lowest BCUT2D eigenvalue weighted by atomic mass is 9.96. The number of likely N-dealkylation sites (tertiary alicyclic amines) is 1. The Balaban J connectivity index is 1.49. The molecule has 0 unspecified atom stereocenters. The molecule has 1 heterocycles. The molecule has 0 aromatic heterocycles. The van der Waals surface area contributed by atoms with Crippen LogP contribution in [0.1, 0.15) is 30.7 Å². The molecule has 2 aliphatic rings. The lowest BCUT2D eigenvalue weighted by Crippen LogP contribution is -2.47. The number of hydrogen-bond donors (Lipinski definition) is 2. The van der Waals surface area contributed by atoms with Crippen LogP contribution in [0.15, 0.2) is 24.3 Å². The first-order valence-electron chi connectivity index (χ1n) is 7.65. The summed E-state index contributed by atoms with van der Waals surface area (Å²) in [7, 11) is 0. The monoisotopic (exact) mass is 305 g/mol. The van der Waals surface area contributed by atoms with E-state index in [4.69, 9.17) is 5.73 Å². The number of nitrogens with two attached hydrogens (primary N) is 1. The topological polar surface area (TPSA) is 75.4 Å². The highest BCUT2D eigenvalue weighted by Crippen LogP contribution is 2.41. The Morgan fingerprint density at radius 1 is 1.27 bits per heavy atom. The van der Waals surface area contributed by atoms with Gasteiger partial charge < -0.3 is 16.0 Å². The molecule has 1 saturated heterocycles. The van der Waals surface area contributed by atoms with E-state index in [1.165, 1.54) is 12.1 Å². The second-order valence-electron chi connectivity index (χ2n) is 6.12. The first kappa shape index (κ1) is 14.8. The van der Waals surface area contributed by atoms with Crippen LogP contribution in [-0.2, 0) is 4.79 Å². The van der Waals surface area contributed by atoms with Gasteiger partial charge in [-0.15, -0.1) is 0 Å². The number of carbonyl (C=O) groups is 2. The van der Waals surface area contributed by atoms with Crippen molar-refractivity contribution in [1.82, 2.24) is 10.2 Å². The summed E-state index contributed by atoms with van der Waals surface area (Å²) in [5.41, 5.74) is 6.21. The van der Waals surface area contributed by atoms with Crippen LogP contribution in [0.2, 0.25) is 0 Å². The molecular weight excluding hydrogens is 285 g/mol. The van der Waals surface area contributed by atoms with Crippen LogP contribution in [0.25, 0.3) is 0 Å². The molecule has 1 aromatic carbocycles. The summed E-state index contributed by atoms with van der Waals surface area (Å²) in [6.07, 6.45) is 2.09. The molecule has 6 heteroatoms. The zero-order chi connectivity index (χ0) is 15.7. The molecule has 0 spiro atoms. The van der Waals surface area contributed by atoms with Crippen molar-refractivity contribution >= 4 is 11.9 Å². The van der Waals surface area contributed by atoms with Gasteiger partial charge in [0.05, 0.1) is 0 Å². The zero-order valence-electron chi connectivity index (χ0n) is 12.3. The SMILES string of the molecule is NC(=O)C1CCN(C(=O)N[C@@H]2C[C@@H]2c2cccc(F)c2)CC1. The maximum Gasteiger partial charge on any atom is 0.317 e. The van der Waals surface area contributed by atoms with Crippen LogP contribution >= 0.6 is 0 Å². The Bertz CT molecular complexity index is 585. The van der Waals surface area contributed by atoms with E-state index in [0.717, 1.165) is 12.0 Å². The molecule has 3 N–H and O–H groups in total. The molecule has 1 aliphatic carbocycles. The third-order valence-corrected chi connectivity index (χ3v) is 4.56. The van der Waals surface area contributed by atoms with Gasteiger partial charge in [-0.2, -0.15) is 0 Å². The average molecular weight is 305 g/mol. The van der Waals surface area contributed by atoms with E-state index >= 15 is 0 Å². The van der Waals surface area contributed by atoms with E-state index in [9.17, 15) is 14.0 Å². The number of rotatable bonds is 3. The Labute approximate surface area is 128 Å². The van der Waals surface area contributed by atoms with Crippen molar-refractivity contribution in [3.05, 3.63) is 35.6 Å². The van der Waals surface area contributed by atoms with Crippen LogP contribution in [0.4, 0.5) is 9.18 Å². The number of amides is 3. The van der Waals surface area contributed by atoms with Crippen molar-refractivity contribution in [2.24, 2.45) is 11.7 Å². The smallest absolute Gasteiger partial charge is 0.317 e. The minimum Gasteiger partial charge on any atom is -0.369 e. The van der Waals surface area contributed by atoms with Gasteiger partial charge in [-0.05, 0) is 37.0 Å². The van der Waals surface area contributed by atoms with Gasteiger partial charge in [0.15, 0.2) is 0 Å². The van der Waals surface area contributed by atoms with Crippen LogP contribution in [0, 0.1) is 11.7 Å². The van der Waals surface area contributed by atoms with E-state index in [-0.39, 0.29) is 35.6 Å². The van der Waals surface area contributed by atoms with Crippen molar-refractivity contribution in [3.63, 3.8) is 0 Å². The molecule has 1 aromatic rings. The van der Waals surface area contributed by atoms with Gasteiger partial charge >= 0.3 is 6.03 Å². The third kappa shape index (κ3) is 3.21. The highest BCUT2D eigenvalue weighted by molar-refractivity contribution is 5.78. The Kier molecular flexibility index (Phi) is 4.00. The van der Waals surface area contributed by atoms with Crippen LogP contribution < -0.4 is 11.1 Å². The number of nitrogens with one attached hydrogen (secondary N) is 1. The standard InChI is InChI=1S/C16H20FN3O2/c17-12-3-1-2-11(8-12)13-9-14(13)19-16(22)20-6-4-10(5-7-20)15(18)21/h1-3,8,10,13-14H,4-7,9H2,(H2,18,21)(H,19,22)/t13-,14-/m1/s1. The fourth-order valence-electron chi connectivity index (χ4n) is 3.08. The first-order chi connectivity index (χ1) is 10.5. The normalized spacial score (nSPS) is 24.9. The molecule has 1 saturated carbocycles. The highest BCUT2D eigenvalue weighted by Gasteiger charge is 2.40. The number of benzene rings is 1. The second kappa shape index (κ2) is 5.94. The van der Waals surface area contributed by atoms with Crippen molar-refractivity contribution in [2.45, 2.75) is 31.2 Å². The average Bonchev–Trinajstić information content (AvgIpc) is 3.26. The van der Waals surface area contributed by atoms with Gasteiger partial charge in [-0.1, -0.05) is 12.1 Å². The van der Waals surface area contributed by atoms with Crippen LogP contribution in [0.5, 0.6) is 0 Å². The number of carbonyl (C=O) groups excluding carboxylic acids is 2. The molecular formula is C16H20FN3O2. The van der Waals surface area contributed by atoms with Gasteiger partial charge in [0.1, 0.15) is 5.82 Å². The van der Waals surface area contributed by atoms with E-state index in [1.807, 2.05) is 6.07 Å². The van der Waals surface area contributed by atoms with E-state index in [1.54, 1.807) is 11.0 Å². The summed E-state index contributed by atoms with van der Waals surface area (Å²) in [6.45, 7) is 1.10. The van der Waals surface area contributed by atoms with Crippen molar-refractivity contribution in [1.29, 1.82) is 0 Å². The summed E-state index contributed by atoms with van der Waals surface area (Å²) in [6, 6.07) is 6.49. The van der Waals surface area contributed by atoms with Gasteiger partial charge in [-0.3, -0.25) is 4.79 Å². The molecule has 0 bridgehead atoms. The summed E-state index contributed by atoms with van der Waals surface area (Å²) < 4.78 is 13.2. The van der Waals surface area contributed by atoms with Crippen molar-refractivity contribution < 1.29 is 14.0 Å². The number of piperidine rings is 1. The summed E-state index contributed by atoms with van der Waals surface area (Å²) in [5, 5.41) is 2.98. The van der Waals surface area contributed by atoms with Gasteiger partial charge in [0.2, 0.25) is 5.91 Å². The van der Waals surface area contributed by atoms with E-state index in [2.05, 4.69) is 5.32 Å². The van der Waals surface area contributed by atoms with E-state index < -0.39 is 0 Å². The number of halogens is 1. The minimum atomic E-state index is -0.284. The molecule has 3 rings (SSSR count). The third-order valence-electron chi connectivity index (χ3n) is 4.56. The Morgan fingerprint density at radius 2 is 2.00 bits per heavy atom. The van der Waals surface area contributed by atoms with Gasteiger partial charge in [0, 0.05) is 31.0 Å². The molecule has 2 atom stereocenters. The molecule has 22 heavy (non-hydrogen) atoms. The molecule has 3 amide bonds. The fraction of sp³-hybridized carbons (Fsp3) is 0.500. The quantitative estimate of drug-likeness (QED) is 0.890. The van der Waals surface area contributed by atoms with Gasteiger partial charge in [0.25, 0.3) is 0 Å². The predicted molar refractivity (Wildman–Crippen MR) is 79.6 cm³/mol. The minimum absolute atomic E-state index is 0.0724. The fourth-order valence-corrected chi connectivity index (χ4v) is 3.08. The molecule has 118 valence electrons. The molecule has 0 radical (unpaired) electrons. The van der Waals surface area contributed by atoms with Crippen LogP contribution in [-0.4, -0.2) is 36.0 Å². The Morgan fingerprint density at radius 3 is 2.64 bits per heavy atom. The number of nitrogens with zero attached hydrogens (tertiary/aromatic N) is 1. The summed E-state index contributed by atoms with van der Waals surface area (Å²) >= 11 is 0. The highest BCUT2D eigenvalue weighted by atomic mass is 19.1. The van der Waals surface area contributed by atoms with E-state index in [0.29, 0.717) is 25.9 Å². The van der Waals surface area contributed by atoms with Crippen molar-refractivity contribution in [2.75, 3.05) is 13.1 Å². The maximum absolute atomic E-state index is 13.2. The molecule has 1 aliphatic heterocycles. The lowest BCUT2D eigenvalue weighted by molar-refractivity contribution is -0.123. The number of primary amides is 1. The number of hydrogen-bond acceptors (Lipinski definition) is 2. The predicted octanol–water partition coefficient (Wildman–Crippen LogP) is 1.59. The first-order valence-corrected chi connectivity index (χ1v) is 7.65. The van der Waals surface area contributed by atoms with Gasteiger partial charge in [-0.25, -0.2) is 9.18 Å². The number of urea groups is 1. The Hall–Kier alpha value is -2.11. The lowest BCUT2D eigenvalue weighted by Gasteiger charge is -2.30. The molecule has 2 fully saturated rings. The summed E-state index contributed by atoms with van der Waals surface area (Å²) in [4.78, 5) is 25.0. The second-order valence-corrected chi connectivity index (χ2v) is 6.12.